The van der Waals surface area contributed by atoms with Crippen molar-refractivity contribution in [2.45, 2.75) is 38.0 Å². The zero-order valence-corrected chi connectivity index (χ0v) is 15.5. The molecule has 0 saturated heterocycles. The molecule has 0 amide bonds. The number of aromatic nitrogens is 2. The molecule has 6 heteroatoms. The van der Waals surface area contributed by atoms with Gasteiger partial charge in [0.1, 0.15) is 5.82 Å². The second kappa shape index (κ2) is 7.11. The van der Waals surface area contributed by atoms with Crippen LogP contribution < -0.4 is 15.0 Å². The van der Waals surface area contributed by atoms with E-state index in [9.17, 15) is 4.79 Å². The lowest BCUT2D eigenvalue weighted by Gasteiger charge is -2.22. The minimum absolute atomic E-state index is 0.122. The Labute approximate surface area is 162 Å². The van der Waals surface area contributed by atoms with Crippen LogP contribution in [-0.2, 0) is 0 Å². The summed E-state index contributed by atoms with van der Waals surface area (Å²) >= 11 is 0. The van der Waals surface area contributed by atoms with Crippen molar-refractivity contribution in [2.24, 2.45) is 5.10 Å². The monoisotopic (exact) mass is 375 g/mol. The quantitative estimate of drug-likeness (QED) is 0.648. The first-order valence-corrected chi connectivity index (χ1v) is 9.75. The highest BCUT2D eigenvalue weighted by molar-refractivity contribution is 5.81. The Balaban J connectivity index is 1.60. The normalized spacial score (nSPS) is 16.9. The summed E-state index contributed by atoms with van der Waals surface area (Å²) in [5.41, 5.74) is 1.46. The zero-order chi connectivity index (χ0) is 18.9. The average Bonchev–Trinajstić information content (AvgIpc) is 3.21. The van der Waals surface area contributed by atoms with E-state index in [-0.39, 0.29) is 18.3 Å². The molecule has 2 aromatic carbocycles. The van der Waals surface area contributed by atoms with Gasteiger partial charge in [0.25, 0.3) is 5.56 Å². The number of ether oxygens (including phenoxy) is 2. The lowest BCUT2D eigenvalue weighted by Crippen LogP contribution is -2.25. The first-order valence-electron chi connectivity index (χ1n) is 9.75. The molecule has 0 unspecified atom stereocenters. The molecule has 1 aromatic heterocycles. The van der Waals surface area contributed by atoms with Crippen LogP contribution in [0.25, 0.3) is 10.9 Å². The highest BCUT2D eigenvalue weighted by atomic mass is 16.7. The van der Waals surface area contributed by atoms with Crippen LogP contribution >= 0.6 is 0 Å². The van der Waals surface area contributed by atoms with E-state index < -0.39 is 0 Å². The number of rotatable bonds is 3. The standard InChI is InChI=1S/C22H21N3O3/c26-22-17-8-4-5-9-18(17)24-21(16-6-2-1-3-7-16)25(22)23-13-15-10-11-19-20(12-15)28-14-27-19/h4-5,8-13,16H,1-3,6-7,14H2. The summed E-state index contributed by atoms with van der Waals surface area (Å²) in [5.74, 6) is 2.45. The van der Waals surface area contributed by atoms with Crippen molar-refractivity contribution in [1.82, 2.24) is 9.66 Å². The topological polar surface area (TPSA) is 65.7 Å². The number of fused-ring (bicyclic) bond motifs is 2. The third kappa shape index (κ3) is 3.05. The number of para-hydroxylation sites is 1. The molecule has 0 spiro atoms. The maximum absolute atomic E-state index is 13.2. The lowest BCUT2D eigenvalue weighted by molar-refractivity contribution is 0.174. The molecule has 1 saturated carbocycles. The van der Waals surface area contributed by atoms with Crippen LogP contribution in [0.2, 0.25) is 0 Å². The molecule has 1 fully saturated rings. The molecule has 3 aromatic rings. The third-order valence-electron chi connectivity index (χ3n) is 5.47. The summed E-state index contributed by atoms with van der Waals surface area (Å²) < 4.78 is 12.3. The van der Waals surface area contributed by atoms with Crippen LogP contribution in [0, 0.1) is 0 Å². The highest BCUT2D eigenvalue weighted by Gasteiger charge is 2.22. The summed E-state index contributed by atoms with van der Waals surface area (Å²) in [7, 11) is 0. The number of hydrogen-bond acceptors (Lipinski definition) is 5. The summed E-state index contributed by atoms with van der Waals surface area (Å²) in [6.45, 7) is 0.232. The maximum atomic E-state index is 13.2. The zero-order valence-electron chi connectivity index (χ0n) is 15.5. The molecule has 0 N–H and O–H groups in total. The fourth-order valence-electron chi connectivity index (χ4n) is 4.00. The van der Waals surface area contributed by atoms with Gasteiger partial charge >= 0.3 is 0 Å². The molecule has 142 valence electrons. The van der Waals surface area contributed by atoms with E-state index >= 15 is 0 Å². The molecule has 28 heavy (non-hydrogen) atoms. The summed E-state index contributed by atoms with van der Waals surface area (Å²) in [6, 6.07) is 13.1. The maximum Gasteiger partial charge on any atom is 0.282 e. The number of benzene rings is 2. The van der Waals surface area contributed by atoms with Gasteiger partial charge < -0.3 is 9.47 Å². The molecule has 2 heterocycles. The fraction of sp³-hybridized carbons (Fsp3) is 0.318. The van der Waals surface area contributed by atoms with Crippen LogP contribution in [0.4, 0.5) is 0 Å². The van der Waals surface area contributed by atoms with E-state index in [1.807, 2.05) is 42.5 Å². The first-order chi connectivity index (χ1) is 13.8. The van der Waals surface area contributed by atoms with Crippen LogP contribution in [-0.4, -0.2) is 22.7 Å². The van der Waals surface area contributed by atoms with Crippen molar-refractivity contribution in [2.75, 3.05) is 6.79 Å². The van der Waals surface area contributed by atoms with Gasteiger partial charge in [-0.25, -0.2) is 4.98 Å². The average molecular weight is 375 g/mol. The number of nitrogens with zero attached hydrogens (tertiary/aromatic N) is 3. The minimum atomic E-state index is -0.122. The van der Waals surface area contributed by atoms with Crippen molar-refractivity contribution < 1.29 is 9.47 Å². The van der Waals surface area contributed by atoms with Gasteiger partial charge in [-0.3, -0.25) is 4.79 Å². The minimum Gasteiger partial charge on any atom is -0.454 e. The Morgan fingerprint density at radius 1 is 1.04 bits per heavy atom. The number of hydrogen-bond donors (Lipinski definition) is 0. The molecule has 1 aliphatic carbocycles. The second-order valence-electron chi connectivity index (χ2n) is 7.30. The van der Waals surface area contributed by atoms with Crippen LogP contribution in [0.1, 0.15) is 49.4 Å². The Morgan fingerprint density at radius 3 is 2.75 bits per heavy atom. The first kappa shape index (κ1) is 17.0. The van der Waals surface area contributed by atoms with Gasteiger partial charge in [0, 0.05) is 5.92 Å². The largest absolute Gasteiger partial charge is 0.454 e. The highest BCUT2D eigenvalue weighted by Crippen LogP contribution is 2.33. The van der Waals surface area contributed by atoms with Gasteiger partial charge in [-0.1, -0.05) is 31.4 Å². The van der Waals surface area contributed by atoms with E-state index in [1.165, 1.54) is 23.9 Å². The van der Waals surface area contributed by atoms with Crippen LogP contribution in [0.5, 0.6) is 11.5 Å². The van der Waals surface area contributed by atoms with Crippen molar-refractivity contribution in [1.29, 1.82) is 0 Å². The third-order valence-corrected chi connectivity index (χ3v) is 5.47. The molecular weight excluding hydrogens is 354 g/mol. The van der Waals surface area contributed by atoms with E-state index in [1.54, 1.807) is 6.21 Å². The van der Waals surface area contributed by atoms with Gasteiger partial charge in [0.2, 0.25) is 6.79 Å². The van der Waals surface area contributed by atoms with Crippen LogP contribution in [0.3, 0.4) is 0 Å². The van der Waals surface area contributed by atoms with Crippen molar-refractivity contribution in [3.63, 3.8) is 0 Å². The van der Waals surface area contributed by atoms with Crippen molar-refractivity contribution in [3.05, 3.63) is 64.2 Å². The summed E-state index contributed by atoms with van der Waals surface area (Å²) in [4.78, 5) is 18.0. The van der Waals surface area contributed by atoms with E-state index in [4.69, 9.17) is 14.5 Å². The molecular formula is C22H21N3O3. The molecule has 1 aliphatic heterocycles. The molecule has 5 rings (SSSR count). The molecule has 2 aliphatic rings. The Kier molecular flexibility index (Phi) is 4.31. The van der Waals surface area contributed by atoms with Gasteiger partial charge in [0.15, 0.2) is 11.5 Å². The van der Waals surface area contributed by atoms with Gasteiger partial charge in [-0.15, -0.1) is 0 Å². The smallest absolute Gasteiger partial charge is 0.282 e. The molecule has 0 atom stereocenters. The Hall–Kier alpha value is -3.15. The van der Waals surface area contributed by atoms with Gasteiger partial charge in [-0.2, -0.15) is 9.78 Å². The van der Waals surface area contributed by atoms with Crippen molar-refractivity contribution in [3.8, 4) is 11.5 Å². The summed E-state index contributed by atoms with van der Waals surface area (Å²) in [5, 5.41) is 5.13. The van der Waals surface area contributed by atoms with Crippen molar-refractivity contribution >= 4 is 17.1 Å². The molecule has 0 radical (unpaired) electrons. The van der Waals surface area contributed by atoms with E-state index in [0.29, 0.717) is 11.1 Å². The Morgan fingerprint density at radius 2 is 1.86 bits per heavy atom. The predicted molar refractivity (Wildman–Crippen MR) is 107 cm³/mol. The lowest BCUT2D eigenvalue weighted by atomic mass is 9.88. The van der Waals surface area contributed by atoms with Gasteiger partial charge in [-0.05, 0) is 48.7 Å². The van der Waals surface area contributed by atoms with Gasteiger partial charge in [0.05, 0.1) is 17.1 Å². The Bertz CT molecular complexity index is 1110. The van der Waals surface area contributed by atoms with E-state index in [0.717, 1.165) is 35.5 Å². The SMILES string of the molecule is O=c1c2ccccc2nc(C2CCCCC2)n1N=Cc1ccc2c(c1)OCO2. The van der Waals surface area contributed by atoms with Crippen LogP contribution in [0.15, 0.2) is 52.4 Å². The molecule has 6 nitrogen and oxygen atoms in total. The fourth-order valence-corrected chi connectivity index (χ4v) is 4.00. The second-order valence-corrected chi connectivity index (χ2v) is 7.30. The molecule has 0 bridgehead atoms. The predicted octanol–water partition coefficient (Wildman–Crippen LogP) is 4.06. The van der Waals surface area contributed by atoms with E-state index in [2.05, 4.69) is 5.10 Å². The summed E-state index contributed by atoms with van der Waals surface area (Å²) in [6.07, 6.45) is 7.36.